The number of anilines is 2. The quantitative estimate of drug-likeness (QED) is 0.252. The molecule has 6 rings (SSSR count). The molecule has 2 N–H and O–H groups in total. The molecule has 2 aliphatic rings. The maximum absolute atomic E-state index is 14.0. The monoisotopic (exact) mass is 645 g/mol. The molecule has 0 bridgehead atoms. The number of carbonyl (C=O) groups excluding carboxylic acids is 3. The summed E-state index contributed by atoms with van der Waals surface area (Å²) >= 11 is 8.18. The number of hydrogen-bond donors (Lipinski definition) is 2. The van der Waals surface area contributed by atoms with Crippen LogP contribution in [0.25, 0.3) is 0 Å². The van der Waals surface area contributed by atoms with Gasteiger partial charge in [-0.3, -0.25) is 19.2 Å². The van der Waals surface area contributed by atoms with Crippen molar-refractivity contribution in [2.45, 2.75) is 22.4 Å². The number of amides is 3. The molecule has 0 saturated carbocycles. The van der Waals surface area contributed by atoms with E-state index >= 15 is 0 Å². The summed E-state index contributed by atoms with van der Waals surface area (Å²) in [4.78, 5) is 56.2. The first kappa shape index (κ1) is 29.0. The van der Waals surface area contributed by atoms with Crippen LogP contribution in [0.1, 0.15) is 21.9 Å². The van der Waals surface area contributed by atoms with Gasteiger partial charge in [0.2, 0.25) is 11.8 Å². The Balaban J connectivity index is 1.38. The van der Waals surface area contributed by atoms with Crippen LogP contribution in [0.5, 0.6) is 5.75 Å². The molecule has 1 fully saturated rings. The SMILES string of the molecule is O=C(COc1ccc(Cl)cc1[C@@H]1c2sc(=O)[nH]c2S[C@H]2C(=O)N(c3cccc(C(F)(F)F)c3)C(=O)[C@@H]12)Nc1ccccc1. The summed E-state index contributed by atoms with van der Waals surface area (Å²) in [6.45, 7) is -0.404. The number of aromatic amines is 1. The lowest BCUT2D eigenvalue weighted by Crippen LogP contribution is -2.32. The molecular formula is C29H19ClF3N3O5S2. The molecule has 3 heterocycles. The largest absolute Gasteiger partial charge is 0.483 e. The van der Waals surface area contributed by atoms with Gasteiger partial charge in [0.1, 0.15) is 11.0 Å². The van der Waals surface area contributed by atoms with E-state index in [1.165, 1.54) is 24.3 Å². The number of halogens is 4. The predicted octanol–water partition coefficient (Wildman–Crippen LogP) is 5.92. The number of rotatable bonds is 6. The number of imide groups is 1. The minimum atomic E-state index is -4.69. The number of H-pyrrole nitrogens is 1. The summed E-state index contributed by atoms with van der Waals surface area (Å²) in [5.74, 6) is -3.75. The first-order chi connectivity index (χ1) is 20.5. The number of ether oxygens (including phenoxy) is 1. The van der Waals surface area contributed by atoms with Crippen molar-refractivity contribution in [2.24, 2.45) is 5.92 Å². The highest BCUT2D eigenvalue weighted by Gasteiger charge is 2.57. The van der Waals surface area contributed by atoms with Gasteiger partial charge in [0, 0.05) is 27.1 Å². The van der Waals surface area contributed by atoms with Crippen molar-refractivity contribution in [1.29, 1.82) is 0 Å². The second-order valence-electron chi connectivity index (χ2n) is 9.69. The smallest absolute Gasteiger partial charge is 0.416 e. The number of alkyl halides is 3. The van der Waals surface area contributed by atoms with Crippen LogP contribution in [0.15, 0.2) is 82.6 Å². The Morgan fingerprint density at radius 1 is 1.00 bits per heavy atom. The van der Waals surface area contributed by atoms with Gasteiger partial charge in [-0.15, -0.1) is 0 Å². The Kier molecular flexibility index (Phi) is 7.57. The van der Waals surface area contributed by atoms with Gasteiger partial charge in [-0.25, -0.2) is 4.90 Å². The number of fused-ring (bicyclic) bond motifs is 2. The third-order valence-electron chi connectivity index (χ3n) is 6.98. The van der Waals surface area contributed by atoms with Gasteiger partial charge in [-0.1, -0.05) is 59.0 Å². The summed E-state index contributed by atoms with van der Waals surface area (Å²) in [6.07, 6.45) is -4.69. The lowest BCUT2D eigenvalue weighted by atomic mass is 9.82. The molecule has 14 heteroatoms. The fraction of sp³-hybridized carbons (Fsp3) is 0.172. The van der Waals surface area contributed by atoms with Gasteiger partial charge in [0.15, 0.2) is 6.61 Å². The predicted molar refractivity (Wildman–Crippen MR) is 156 cm³/mol. The number of hydrogen-bond acceptors (Lipinski definition) is 7. The van der Waals surface area contributed by atoms with Crippen molar-refractivity contribution in [3.8, 4) is 5.75 Å². The molecule has 1 aromatic heterocycles. The van der Waals surface area contributed by atoms with Crippen LogP contribution in [0.4, 0.5) is 24.5 Å². The van der Waals surface area contributed by atoms with Gasteiger partial charge in [0.25, 0.3) is 5.91 Å². The van der Waals surface area contributed by atoms with Crippen molar-refractivity contribution in [1.82, 2.24) is 4.98 Å². The molecule has 1 saturated heterocycles. The molecule has 0 radical (unpaired) electrons. The topological polar surface area (TPSA) is 109 Å². The maximum Gasteiger partial charge on any atom is 0.416 e. The van der Waals surface area contributed by atoms with E-state index in [0.29, 0.717) is 21.2 Å². The molecule has 4 aromatic rings. The normalized spacial score (nSPS) is 19.6. The average Bonchev–Trinajstić information content (AvgIpc) is 3.46. The first-order valence-corrected chi connectivity index (χ1v) is 14.8. The summed E-state index contributed by atoms with van der Waals surface area (Å²) in [7, 11) is 0. The van der Waals surface area contributed by atoms with Gasteiger partial charge in [-0.05, 0) is 48.5 Å². The van der Waals surface area contributed by atoms with Crippen LogP contribution < -0.4 is 19.8 Å². The van der Waals surface area contributed by atoms with Crippen molar-refractivity contribution >= 4 is 63.8 Å². The molecule has 3 amide bonds. The number of nitrogens with zero attached hydrogens (tertiary/aromatic N) is 1. The Morgan fingerprint density at radius 3 is 2.51 bits per heavy atom. The number of thiazole rings is 1. The van der Waals surface area contributed by atoms with E-state index in [1.807, 2.05) is 0 Å². The summed E-state index contributed by atoms with van der Waals surface area (Å²) in [5, 5.41) is 2.28. The van der Waals surface area contributed by atoms with Crippen molar-refractivity contribution in [3.63, 3.8) is 0 Å². The number of aromatic nitrogens is 1. The number of para-hydroxylation sites is 1. The molecule has 0 spiro atoms. The first-order valence-electron chi connectivity index (χ1n) is 12.7. The van der Waals surface area contributed by atoms with Gasteiger partial charge in [0.05, 0.1) is 22.2 Å². The van der Waals surface area contributed by atoms with Crippen LogP contribution in [0, 0.1) is 5.92 Å². The van der Waals surface area contributed by atoms with Crippen LogP contribution in [0.2, 0.25) is 5.02 Å². The molecule has 0 aliphatic carbocycles. The van der Waals surface area contributed by atoms with Crippen molar-refractivity contribution in [2.75, 3.05) is 16.8 Å². The molecule has 0 unspecified atom stereocenters. The summed E-state index contributed by atoms with van der Waals surface area (Å²) < 4.78 is 46.3. The van der Waals surface area contributed by atoms with Crippen LogP contribution in [-0.2, 0) is 20.6 Å². The molecule has 8 nitrogen and oxygen atoms in total. The molecule has 220 valence electrons. The Labute approximate surface area is 254 Å². The van der Waals surface area contributed by atoms with E-state index in [-0.39, 0.29) is 16.5 Å². The summed E-state index contributed by atoms with van der Waals surface area (Å²) in [5.41, 5.74) is -0.312. The minimum absolute atomic E-state index is 0.188. The number of thioether (sulfide) groups is 1. The molecule has 3 aromatic carbocycles. The molecule has 2 aliphatic heterocycles. The second-order valence-corrected chi connectivity index (χ2v) is 12.3. The van der Waals surface area contributed by atoms with E-state index < -0.39 is 58.0 Å². The summed E-state index contributed by atoms with van der Waals surface area (Å²) in [6, 6.07) is 17.3. The van der Waals surface area contributed by atoms with E-state index in [2.05, 4.69) is 10.3 Å². The fourth-order valence-corrected chi connectivity index (χ4v) is 7.87. The third kappa shape index (κ3) is 5.55. The van der Waals surface area contributed by atoms with Gasteiger partial charge >= 0.3 is 11.0 Å². The third-order valence-corrected chi connectivity index (χ3v) is 9.62. The number of carbonyl (C=O) groups is 3. The Morgan fingerprint density at radius 2 is 1.77 bits per heavy atom. The highest BCUT2D eigenvalue weighted by Crippen LogP contribution is 2.55. The Bertz CT molecular complexity index is 1810. The zero-order chi connectivity index (χ0) is 30.5. The van der Waals surface area contributed by atoms with Crippen LogP contribution in [0.3, 0.4) is 0 Å². The molecule has 43 heavy (non-hydrogen) atoms. The maximum atomic E-state index is 14.0. The zero-order valence-corrected chi connectivity index (χ0v) is 24.1. The van der Waals surface area contributed by atoms with E-state index in [1.54, 1.807) is 30.3 Å². The van der Waals surface area contributed by atoms with Crippen LogP contribution in [-0.4, -0.2) is 34.6 Å². The van der Waals surface area contributed by atoms with Gasteiger partial charge < -0.3 is 15.0 Å². The van der Waals surface area contributed by atoms with E-state index in [0.717, 1.165) is 46.2 Å². The van der Waals surface area contributed by atoms with Crippen molar-refractivity contribution in [3.05, 3.63) is 103 Å². The average molecular weight is 646 g/mol. The van der Waals surface area contributed by atoms with Crippen LogP contribution >= 0.6 is 34.7 Å². The lowest BCUT2D eigenvalue weighted by molar-refractivity contribution is -0.137. The fourth-order valence-electron chi connectivity index (χ4n) is 5.18. The highest BCUT2D eigenvalue weighted by atomic mass is 35.5. The Hall–Kier alpha value is -4.07. The second kappa shape index (κ2) is 11.2. The highest BCUT2D eigenvalue weighted by molar-refractivity contribution is 8.00. The number of benzene rings is 3. The zero-order valence-electron chi connectivity index (χ0n) is 21.7. The minimum Gasteiger partial charge on any atom is -0.483 e. The number of nitrogens with one attached hydrogen (secondary N) is 2. The molecule has 3 atom stereocenters. The van der Waals surface area contributed by atoms with E-state index in [9.17, 15) is 32.3 Å². The molecular weight excluding hydrogens is 627 g/mol. The lowest BCUT2D eigenvalue weighted by Gasteiger charge is -2.31. The van der Waals surface area contributed by atoms with E-state index in [4.69, 9.17) is 16.3 Å². The van der Waals surface area contributed by atoms with Crippen molar-refractivity contribution < 1.29 is 32.3 Å². The van der Waals surface area contributed by atoms with Gasteiger partial charge in [-0.2, -0.15) is 13.2 Å². The standard InChI is InChI=1S/C29H19ClF3N3O5S2/c30-15-9-10-19(41-13-20(37)34-16-6-2-1-3-7-16)18(12-15)21-22-24(42-25-23(21)43-28(40)35-25)27(39)36(26(22)38)17-8-4-5-14(11-17)29(31,32)33/h1-12,21-22,24H,13H2,(H,34,37)(H,35,40)/t21-,22-,24+/m0/s1.